The first kappa shape index (κ1) is 6.96. The van der Waals surface area contributed by atoms with Gasteiger partial charge in [0.05, 0.1) is 13.4 Å². The smallest absolute Gasteiger partial charge is 0.0822 e. The van der Waals surface area contributed by atoms with E-state index in [4.69, 9.17) is 4.74 Å². The second kappa shape index (κ2) is 2.72. The predicted molar refractivity (Wildman–Crippen MR) is 45.1 cm³/mol. The van der Waals surface area contributed by atoms with Gasteiger partial charge in [-0.25, -0.2) is 0 Å². The van der Waals surface area contributed by atoms with E-state index in [1.54, 1.807) is 7.11 Å². The van der Waals surface area contributed by atoms with E-state index in [-0.39, 0.29) is 0 Å². The molecule has 1 nitrogen and oxygen atoms in total. The average Bonchev–Trinajstić information content (AvgIpc) is 2.07. The highest BCUT2D eigenvalue weighted by Gasteiger charge is 2.26. The van der Waals surface area contributed by atoms with Crippen molar-refractivity contribution in [2.75, 3.05) is 7.11 Å². The SMILES string of the molecule is CO/C=C1/CC2C=CC1CC2. The Balaban J connectivity index is 2.17. The van der Waals surface area contributed by atoms with E-state index in [0.717, 1.165) is 5.92 Å². The second-order valence-electron chi connectivity index (χ2n) is 3.46. The number of ether oxygens (including phenoxy) is 1. The summed E-state index contributed by atoms with van der Waals surface area (Å²) in [4.78, 5) is 0. The molecule has 0 aromatic rings. The first-order valence-corrected chi connectivity index (χ1v) is 4.30. The van der Waals surface area contributed by atoms with Gasteiger partial charge in [0, 0.05) is 5.92 Å². The molecule has 0 N–H and O–H groups in total. The van der Waals surface area contributed by atoms with Gasteiger partial charge in [0.15, 0.2) is 0 Å². The minimum absolute atomic E-state index is 0.694. The highest BCUT2D eigenvalue weighted by atomic mass is 16.5. The van der Waals surface area contributed by atoms with Gasteiger partial charge in [-0.3, -0.25) is 0 Å². The summed E-state index contributed by atoms with van der Waals surface area (Å²) in [7, 11) is 1.74. The van der Waals surface area contributed by atoms with E-state index in [1.165, 1.54) is 24.8 Å². The highest BCUT2D eigenvalue weighted by Crippen LogP contribution is 2.39. The van der Waals surface area contributed by atoms with Crippen molar-refractivity contribution in [3.63, 3.8) is 0 Å². The molecule has 2 atom stereocenters. The molecule has 3 aliphatic carbocycles. The summed E-state index contributed by atoms with van der Waals surface area (Å²) in [5, 5.41) is 0. The van der Waals surface area contributed by atoms with Gasteiger partial charge >= 0.3 is 0 Å². The van der Waals surface area contributed by atoms with Crippen LogP contribution in [0.3, 0.4) is 0 Å². The van der Waals surface area contributed by atoms with Gasteiger partial charge in [0.25, 0.3) is 0 Å². The lowest BCUT2D eigenvalue weighted by molar-refractivity contribution is 0.313. The molecule has 1 saturated carbocycles. The third kappa shape index (κ3) is 1.20. The van der Waals surface area contributed by atoms with Gasteiger partial charge in [-0.05, 0) is 30.8 Å². The fraction of sp³-hybridized carbons (Fsp3) is 0.600. The van der Waals surface area contributed by atoms with E-state index in [0.29, 0.717) is 5.92 Å². The fourth-order valence-corrected chi connectivity index (χ4v) is 2.10. The maximum atomic E-state index is 5.04. The molecule has 1 fully saturated rings. The molecule has 0 saturated heterocycles. The quantitative estimate of drug-likeness (QED) is 0.412. The first-order valence-electron chi connectivity index (χ1n) is 4.30. The Morgan fingerprint density at radius 2 is 2.36 bits per heavy atom. The molecule has 3 aliphatic rings. The molecule has 2 bridgehead atoms. The first-order chi connectivity index (χ1) is 5.40. The van der Waals surface area contributed by atoms with Crippen LogP contribution in [0.25, 0.3) is 0 Å². The Hall–Kier alpha value is -0.720. The zero-order valence-corrected chi connectivity index (χ0v) is 6.92. The van der Waals surface area contributed by atoms with E-state index >= 15 is 0 Å². The number of hydrogen-bond acceptors (Lipinski definition) is 1. The minimum Gasteiger partial charge on any atom is -0.504 e. The van der Waals surface area contributed by atoms with E-state index < -0.39 is 0 Å². The van der Waals surface area contributed by atoms with Gasteiger partial charge in [-0.15, -0.1) is 0 Å². The molecular weight excluding hydrogens is 136 g/mol. The van der Waals surface area contributed by atoms with Gasteiger partial charge in [-0.2, -0.15) is 0 Å². The second-order valence-corrected chi connectivity index (χ2v) is 3.46. The summed E-state index contributed by atoms with van der Waals surface area (Å²) < 4.78 is 5.04. The molecule has 11 heavy (non-hydrogen) atoms. The van der Waals surface area contributed by atoms with Crippen molar-refractivity contribution in [3.05, 3.63) is 24.0 Å². The van der Waals surface area contributed by atoms with Gasteiger partial charge in [-0.1, -0.05) is 12.2 Å². The van der Waals surface area contributed by atoms with Crippen molar-refractivity contribution >= 4 is 0 Å². The van der Waals surface area contributed by atoms with Crippen molar-refractivity contribution in [2.45, 2.75) is 19.3 Å². The van der Waals surface area contributed by atoms with Crippen LogP contribution in [0.5, 0.6) is 0 Å². The molecule has 0 aromatic carbocycles. The Bertz CT molecular complexity index is 203. The maximum Gasteiger partial charge on any atom is 0.0822 e. The third-order valence-corrected chi connectivity index (χ3v) is 2.71. The van der Waals surface area contributed by atoms with E-state index in [9.17, 15) is 0 Å². The van der Waals surface area contributed by atoms with Crippen LogP contribution in [-0.2, 0) is 4.74 Å². The van der Waals surface area contributed by atoms with Crippen LogP contribution in [-0.4, -0.2) is 7.11 Å². The van der Waals surface area contributed by atoms with Gasteiger partial charge in [0.1, 0.15) is 0 Å². The van der Waals surface area contributed by atoms with Crippen molar-refractivity contribution in [3.8, 4) is 0 Å². The molecule has 1 heteroatoms. The van der Waals surface area contributed by atoms with Crippen LogP contribution < -0.4 is 0 Å². The normalized spacial score (nSPS) is 38.1. The van der Waals surface area contributed by atoms with Crippen LogP contribution in [0.1, 0.15) is 19.3 Å². The maximum absolute atomic E-state index is 5.04. The number of rotatable bonds is 1. The van der Waals surface area contributed by atoms with Crippen molar-refractivity contribution < 1.29 is 4.74 Å². The van der Waals surface area contributed by atoms with Crippen molar-refractivity contribution in [2.24, 2.45) is 11.8 Å². The van der Waals surface area contributed by atoms with Crippen LogP contribution in [0.4, 0.5) is 0 Å². The van der Waals surface area contributed by atoms with Crippen LogP contribution >= 0.6 is 0 Å². The Labute approximate surface area is 67.7 Å². The van der Waals surface area contributed by atoms with Crippen molar-refractivity contribution in [1.82, 2.24) is 0 Å². The average molecular weight is 150 g/mol. The molecule has 60 valence electrons. The van der Waals surface area contributed by atoms with Gasteiger partial charge < -0.3 is 4.74 Å². The van der Waals surface area contributed by atoms with E-state index in [1.807, 2.05) is 6.26 Å². The Kier molecular flexibility index (Phi) is 1.72. The molecule has 0 aromatic heterocycles. The summed E-state index contributed by atoms with van der Waals surface area (Å²) in [5.41, 5.74) is 1.49. The molecule has 0 radical (unpaired) electrons. The van der Waals surface area contributed by atoms with E-state index in [2.05, 4.69) is 12.2 Å². The molecule has 0 heterocycles. The Morgan fingerprint density at radius 3 is 2.82 bits per heavy atom. The third-order valence-electron chi connectivity index (χ3n) is 2.71. The summed E-state index contributed by atoms with van der Waals surface area (Å²) in [6.07, 6.45) is 10.6. The zero-order valence-electron chi connectivity index (χ0n) is 6.92. The van der Waals surface area contributed by atoms with Crippen molar-refractivity contribution in [1.29, 1.82) is 0 Å². The lowest BCUT2D eigenvalue weighted by atomic mass is 9.73. The number of allylic oxidation sites excluding steroid dienone is 3. The molecule has 0 spiro atoms. The lowest BCUT2D eigenvalue weighted by Crippen LogP contribution is -2.19. The highest BCUT2D eigenvalue weighted by molar-refractivity contribution is 5.22. The number of hydrogen-bond donors (Lipinski definition) is 0. The Morgan fingerprint density at radius 1 is 1.45 bits per heavy atom. The summed E-state index contributed by atoms with van der Waals surface area (Å²) in [6.45, 7) is 0. The topological polar surface area (TPSA) is 9.23 Å². The fourth-order valence-electron chi connectivity index (χ4n) is 2.10. The molecule has 0 aliphatic heterocycles. The summed E-state index contributed by atoms with van der Waals surface area (Å²) in [6, 6.07) is 0. The van der Waals surface area contributed by atoms with Crippen LogP contribution in [0.15, 0.2) is 24.0 Å². The lowest BCUT2D eigenvalue weighted by Gasteiger charge is -2.32. The largest absolute Gasteiger partial charge is 0.504 e. The summed E-state index contributed by atoms with van der Waals surface area (Å²) >= 11 is 0. The standard InChI is InChI=1S/C10H14O/c1-11-7-10-6-8-2-4-9(10)5-3-8/h2,4,7-9H,3,5-6H2,1H3/b10-7-. The van der Waals surface area contributed by atoms with Crippen LogP contribution in [0.2, 0.25) is 0 Å². The molecular formula is C10H14O. The number of methoxy groups -OCH3 is 1. The van der Waals surface area contributed by atoms with Crippen LogP contribution in [0, 0.1) is 11.8 Å². The molecule has 0 amide bonds. The predicted octanol–water partition coefficient (Wildman–Crippen LogP) is 2.50. The minimum atomic E-state index is 0.694. The molecule has 3 rings (SSSR count). The number of fused-ring (bicyclic) bond motifs is 2. The van der Waals surface area contributed by atoms with Gasteiger partial charge in [0.2, 0.25) is 0 Å². The zero-order chi connectivity index (χ0) is 7.68. The monoisotopic (exact) mass is 150 g/mol. The molecule has 2 unspecified atom stereocenters. The summed E-state index contributed by atoms with van der Waals surface area (Å²) in [5.74, 6) is 1.50.